The van der Waals surface area contributed by atoms with Gasteiger partial charge in [-0.2, -0.15) is 0 Å². The number of hydrogen-bond acceptors (Lipinski definition) is 3. The number of amides is 1. The Hall–Kier alpha value is -0.570. The van der Waals surface area contributed by atoms with E-state index in [0.29, 0.717) is 0 Å². The number of carbonyl (C=O) groups excluding carboxylic acids is 1. The van der Waals surface area contributed by atoms with Crippen LogP contribution < -0.4 is 10.6 Å². The Kier molecular flexibility index (Phi) is 12.3. The summed E-state index contributed by atoms with van der Waals surface area (Å²) in [7, 11) is 0. The third-order valence-electron chi connectivity index (χ3n) is 5.28. The molecule has 1 atom stereocenters. The highest BCUT2D eigenvalue weighted by Gasteiger charge is 2.17. The number of aliphatic imine (C=N–C) groups is 1. The van der Waals surface area contributed by atoms with Crippen LogP contribution in [0.1, 0.15) is 58.8 Å². The third-order valence-corrected chi connectivity index (χ3v) is 5.28. The van der Waals surface area contributed by atoms with Crippen LogP contribution in [0.25, 0.3) is 0 Å². The summed E-state index contributed by atoms with van der Waals surface area (Å²) in [6.45, 7) is 10.5. The van der Waals surface area contributed by atoms with Gasteiger partial charge >= 0.3 is 0 Å². The summed E-state index contributed by atoms with van der Waals surface area (Å²) in [5, 5.41) is 6.62. The van der Waals surface area contributed by atoms with Gasteiger partial charge in [0.15, 0.2) is 5.96 Å². The van der Waals surface area contributed by atoms with E-state index >= 15 is 0 Å². The van der Waals surface area contributed by atoms with E-state index in [0.717, 1.165) is 64.0 Å². The number of halogens is 1. The fraction of sp³-hybridized carbons (Fsp3) is 0.895. The Bertz CT molecular complexity index is 426. The number of rotatable bonds is 7. The van der Waals surface area contributed by atoms with Crippen molar-refractivity contribution in [3.05, 3.63) is 0 Å². The molecule has 0 saturated carbocycles. The minimum absolute atomic E-state index is 0. The Morgan fingerprint density at radius 3 is 2.50 bits per heavy atom. The second kappa shape index (κ2) is 13.6. The molecule has 26 heavy (non-hydrogen) atoms. The molecule has 0 aliphatic carbocycles. The van der Waals surface area contributed by atoms with Crippen LogP contribution in [0.5, 0.6) is 0 Å². The fourth-order valence-electron chi connectivity index (χ4n) is 3.71. The molecule has 2 rings (SSSR count). The molecule has 2 heterocycles. The largest absolute Gasteiger partial charge is 0.357 e. The zero-order valence-electron chi connectivity index (χ0n) is 16.6. The van der Waals surface area contributed by atoms with E-state index in [1.165, 1.54) is 32.2 Å². The van der Waals surface area contributed by atoms with Crippen LogP contribution in [-0.2, 0) is 4.79 Å². The van der Waals surface area contributed by atoms with E-state index in [-0.39, 0.29) is 36.4 Å². The molecule has 0 aromatic rings. The molecule has 0 spiro atoms. The van der Waals surface area contributed by atoms with Crippen LogP contribution in [0.4, 0.5) is 0 Å². The summed E-state index contributed by atoms with van der Waals surface area (Å²) in [6, 6.07) is 0.720. The van der Waals surface area contributed by atoms with Crippen LogP contribution in [0.2, 0.25) is 0 Å². The lowest BCUT2D eigenvalue weighted by molar-refractivity contribution is -0.130. The van der Waals surface area contributed by atoms with Crippen LogP contribution in [0.3, 0.4) is 0 Å². The molecule has 2 saturated heterocycles. The number of carbonyl (C=O) groups is 1. The molecule has 0 radical (unpaired) electrons. The van der Waals surface area contributed by atoms with Crippen molar-refractivity contribution in [1.82, 2.24) is 20.4 Å². The first kappa shape index (κ1) is 23.5. The van der Waals surface area contributed by atoms with Gasteiger partial charge in [0.2, 0.25) is 5.91 Å². The molecule has 152 valence electrons. The van der Waals surface area contributed by atoms with Gasteiger partial charge in [-0.05, 0) is 58.9 Å². The normalized spacial score (nSPS) is 21.8. The second-order valence-electron chi connectivity index (χ2n) is 7.30. The molecule has 1 amide bonds. The first-order chi connectivity index (χ1) is 12.2. The van der Waals surface area contributed by atoms with Gasteiger partial charge in [0.1, 0.15) is 6.54 Å². The SMILES string of the molecule is CCNC(=NCC(=O)N1CCCCC1)NCCCN1CCCCC1C.I. The fourth-order valence-corrected chi connectivity index (χ4v) is 3.71. The van der Waals surface area contributed by atoms with Crippen LogP contribution in [0.15, 0.2) is 4.99 Å². The summed E-state index contributed by atoms with van der Waals surface area (Å²) in [4.78, 5) is 21.3. The Morgan fingerprint density at radius 1 is 1.08 bits per heavy atom. The van der Waals surface area contributed by atoms with E-state index in [1.807, 2.05) is 4.90 Å². The van der Waals surface area contributed by atoms with Crippen LogP contribution in [0, 0.1) is 0 Å². The summed E-state index contributed by atoms with van der Waals surface area (Å²) in [5.74, 6) is 0.915. The molecule has 0 aromatic carbocycles. The molecule has 2 aliphatic heterocycles. The number of nitrogens with one attached hydrogen (secondary N) is 2. The first-order valence-electron chi connectivity index (χ1n) is 10.2. The highest BCUT2D eigenvalue weighted by Crippen LogP contribution is 2.16. The Balaban J connectivity index is 0.00000338. The lowest BCUT2D eigenvalue weighted by Gasteiger charge is -2.33. The van der Waals surface area contributed by atoms with E-state index in [9.17, 15) is 4.79 Å². The van der Waals surface area contributed by atoms with Gasteiger partial charge in [-0.25, -0.2) is 4.99 Å². The van der Waals surface area contributed by atoms with Gasteiger partial charge in [0.05, 0.1) is 0 Å². The van der Waals surface area contributed by atoms with Gasteiger partial charge in [-0.3, -0.25) is 4.79 Å². The molecule has 0 bridgehead atoms. The Morgan fingerprint density at radius 2 is 1.81 bits per heavy atom. The highest BCUT2D eigenvalue weighted by molar-refractivity contribution is 14.0. The van der Waals surface area contributed by atoms with Gasteiger partial charge in [0.25, 0.3) is 0 Å². The lowest BCUT2D eigenvalue weighted by atomic mass is 10.0. The molecule has 2 fully saturated rings. The molecule has 7 heteroatoms. The third kappa shape index (κ3) is 8.41. The maximum atomic E-state index is 12.2. The monoisotopic (exact) mass is 479 g/mol. The zero-order chi connectivity index (χ0) is 17.9. The van der Waals surface area contributed by atoms with E-state index in [2.05, 4.69) is 34.4 Å². The second-order valence-corrected chi connectivity index (χ2v) is 7.30. The Labute approximate surface area is 176 Å². The molecule has 1 unspecified atom stereocenters. The molecule has 6 nitrogen and oxygen atoms in total. The average molecular weight is 479 g/mol. The van der Waals surface area contributed by atoms with Crippen molar-refractivity contribution in [2.24, 2.45) is 4.99 Å². The standard InChI is InChI=1S/C19H37N5O.HI/c1-3-20-19(22-16-18(25)24-13-6-4-7-14-24)21-11-9-15-23-12-8-5-10-17(23)2;/h17H,3-16H2,1-2H3,(H2,20,21,22);1H. The van der Waals surface area contributed by atoms with Crippen molar-refractivity contribution >= 4 is 35.8 Å². The van der Waals surface area contributed by atoms with Gasteiger partial charge < -0.3 is 20.4 Å². The molecular weight excluding hydrogens is 441 g/mol. The summed E-state index contributed by atoms with van der Waals surface area (Å²) in [5.41, 5.74) is 0. The van der Waals surface area contributed by atoms with Crippen molar-refractivity contribution < 1.29 is 4.79 Å². The number of hydrogen-bond donors (Lipinski definition) is 2. The van der Waals surface area contributed by atoms with Crippen molar-refractivity contribution in [2.45, 2.75) is 64.8 Å². The smallest absolute Gasteiger partial charge is 0.244 e. The summed E-state index contributed by atoms with van der Waals surface area (Å²) >= 11 is 0. The summed E-state index contributed by atoms with van der Waals surface area (Å²) in [6.07, 6.45) is 8.64. The van der Waals surface area contributed by atoms with Crippen LogP contribution >= 0.6 is 24.0 Å². The average Bonchev–Trinajstić information content (AvgIpc) is 2.65. The quantitative estimate of drug-likeness (QED) is 0.255. The van der Waals surface area contributed by atoms with Crippen molar-refractivity contribution in [3.8, 4) is 0 Å². The molecular formula is C19H38IN5O. The van der Waals surface area contributed by atoms with Gasteiger partial charge in [-0.1, -0.05) is 6.42 Å². The minimum Gasteiger partial charge on any atom is -0.357 e. The van der Waals surface area contributed by atoms with E-state index in [1.54, 1.807) is 0 Å². The summed E-state index contributed by atoms with van der Waals surface area (Å²) < 4.78 is 0. The maximum absolute atomic E-state index is 12.2. The molecule has 2 aliphatic rings. The molecule has 2 N–H and O–H groups in total. The van der Waals surface area contributed by atoms with Crippen LogP contribution in [-0.4, -0.2) is 73.5 Å². The zero-order valence-corrected chi connectivity index (χ0v) is 19.0. The molecule has 0 aromatic heterocycles. The number of nitrogens with zero attached hydrogens (tertiary/aromatic N) is 3. The van der Waals surface area contributed by atoms with Crippen molar-refractivity contribution in [1.29, 1.82) is 0 Å². The van der Waals surface area contributed by atoms with Gasteiger partial charge in [0, 0.05) is 38.8 Å². The topological polar surface area (TPSA) is 60.0 Å². The first-order valence-corrected chi connectivity index (χ1v) is 10.2. The highest BCUT2D eigenvalue weighted by atomic mass is 127. The number of guanidine groups is 1. The van der Waals surface area contributed by atoms with Crippen molar-refractivity contribution in [3.63, 3.8) is 0 Å². The minimum atomic E-state index is 0. The predicted molar refractivity (Wildman–Crippen MR) is 119 cm³/mol. The van der Waals surface area contributed by atoms with E-state index < -0.39 is 0 Å². The van der Waals surface area contributed by atoms with E-state index in [4.69, 9.17) is 0 Å². The lowest BCUT2D eigenvalue weighted by Crippen LogP contribution is -2.42. The number of likely N-dealkylation sites (tertiary alicyclic amines) is 2. The maximum Gasteiger partial charge on any atom is 0.244 e. The van der Waals surface area contributed by atoms with Gasteiger partial charge in [-0.15, -0.1) is 24.0 Å². The predicted octanol–water partition coefficient (Wildman–Crippen LogP) is 2.44. The van der Waals surface area contributed by atoms with Crippen molar-refractivity contribution in [2.75, 3.05) is 45.8 Å². The number of piperidine rings is 2.